The number of hydrogen-bond donors (Lipinski definition) is 2. The van der Waals surface area contributed by atoms with E-state index in [1.54, 1.807) is 12.1 Å². The molecule has 0 spiro atoms. The highest BCUT2D eigenvalue weighted by Crippen LogP contribution is 2.43. The number of carbonyl (C=O) groups is 2. The van der Waals surface area contributed by atoms with Gasteiger partial charge in [-0.2, -0.15) is 18.3 Å². The number of benzene rings is 2. The first-order chi connectivity index (χ1) is 14.2. The van der Waals surface area contributed by atoms with Crippen molar-refractivity contribution in [3.63, 3.8) is 0 Å². The summed E-state index contributed by atoms with van der Waals surface area (Å²) >= 11 is 6.01. The summed E-state index contributed by atoms with van der Waals surface area (Å²) < 4.78 is 40.4. The second-order valence-electron chi connectivity index (χ2n) is 6.96. The molecule has 2 aromatic carbocycles. The highest BCUT2D eigenvalue weighted by Gasteiger charge is 2.41. The molecular weight excluding hydrogens is 421 g/mol. The van der Waals surface area contributed by atoms with Gasteiger partial charge in [0.2, 0.25) is 0 Å². The van der Waals surface area contributed by atoms with E-state index in [1.807, 2.05) is 0 Å². The number of aromatic amines is 1. The summed E-state index contributed by atoms with van der Waals surface area (Å²) in [6, 6.07) is 9.18. The van der Waals surface area contributed by atoms with Crippen LogP contribution in [0.1, 0.15) is 49.9 Å². The molecule has 0 bridgehead atoms. The summed E-state index contributed by atoms with van der Waals surface area (Å²) in [7, 11) is 0. The van der Waals surface area contributed by atoms with Crippen LogP contribution in [0, 0.1) is 0 Å². The molecule has 0 amide bonds. The maximum Gasteiger partial charge on any atom is 0.417 e. The average molecular weight is 435 g/mol. The number of alkyl halides is 3. The second kappa shape index (κ2) is 7.28. The summed E-state index contributed by atoms with van der Waals surface area (Å²) in [5, 5.41) is 15.9. The van der Waals surface area contributed by atoms with E-state index in [-0.39, 0.29) is 10.6 Å². The van der Waals surface area contributed by atoms with Crippen molar-refractivity contribution in [3.05, 3.63) is 75.4 Å². The van der Waals surface area contributed by atoms with Crippen LogP contribution in [0.5, 0.6) is 0 Å². The zero-order valence-corrected chi connectivity index (χ0v) is 16.0. The van der Waals surface area contributed by atoms with Crippen molar-refractivity contribution in [2.24, 2.45) is 0 Å². The van der Waals surface area contributed by atoms with Crippen LogP contribution in [0.4, 0.5) is 13.2 Å². The van der Waals surface area contributed by atoms with Crippen molar-refractivity contribution < 1.29 is 27.9 Å². The SMILES string of the molecule is O=C(O)c1ccc(-c2n[nH]c3c2C(C(=O)c2c(Cl)cccc2C(F)(F)F)CC3)cc1. The topological polar surface area (TPSA) is 83.0 Å². The summed E-state index contributed by atoms with van der Waals surface area (Å²) in [4.78, 5) is 24.3. The molecule has 154 valence electrons. The van der Waals surface area contributed by atoms with Crippen LogP contribution in [-0.4, -0.2) is 27.1 Å². The second-order valence-corrected chi connectivity index (χ2v) is 7.37. The van der Waals surface area contributed by atoms with Gasteiger partial charge in [0.25, 0.3) is 0 Å². The number of rotatable bonds is 4. The number of carboxylic acid groups (broad SMARTS) is 1. The van der Waals surface area contributed by atoms with Crippen LogP contribution in [0.3, 0.4) is 0 Å². The number of ketones is 1. The Morgan fingerprint density at radius 1 is 1.13 bits per heavy atom. The standard InChI is InChI=1S/C21H14ClF3N2O3/c22-14-3-1-2-13(21(23,24)25)17(14)19(28)12-8-9-15-16(12)18(27-26-15)10-4-6-11(7-5-10)20(29)30/h1-7,12H,8-9H2,(H,26,27)(H,29,30). The van der Waals surface area contributed by atoms with Crippen molar-refractivity contribution in [2.75, 3.05) is 0 Å². The van der Waals surface area contributed by atoms with Gasteiger partial charge in [0.1, 0.15) is 0 Å². The van der Waals surface area contributed by atoms with Crippen LogP contribution in [-0.2, 0) is 12.6 Å². The first-order valence-electron chi connectivity index (χ1n) is 8.99. The van der Waals surface area contributed by atoms with E-state index in [2.05, 4.69) is 10.2 Å². The first kappa shape index (κ1) is 20.2. The Balaban J connectivity index is 1.78. The molecule has 1 aliphatic rings. The third-order valence-electron chi connectivity index (χ3n) is 5.20. The number of fused-ring (bicyclic) bond motifs is 1. The van der Waals surface area contributed by atoms with E-state index in [0.717, 1.165) is 12.1 Å². The predicted octanol–water partition coefficient (Wildman–Crippen LogP) is 5.36. The quantitative estimate of drug-likeness (QED) is 0.541. The number of nitrogens with one attached hydrogen (secondary N) is 1. The molecule has 1 aliphatic carbocycles. The van der Waals surface area contributed by atoms with Crippen LogP contribution < -0.4 is 0 Å². The molecule has 4 rings (SSSR count). The van der Waals surface area contributed by atoms with E-state index >= 15 is 0 Å². The summed E-state index contributed by atoms with van der Waals surface area (Å²) in [6.07, 6.45) is -3.94. The molecule has 1 aromatic heterocycles. The highest BCUT2D eigenvalue weighted by atomic mass is 35.5. The van der Waals surface area contributed by atoms with Crippen LogP contribution in [0.2, 0.25) is 5.02 Å². The molecule has 0 saturated heterocycles. The molecule has 0 aliphatic heterocycles. The zero-order valence-electron chi connectivity index (χ0n) is 15.3. The fourth-order valence-corrected chi connectivity index (χ4v) is 4.09. The van der Waals surface area contributed by atoms with Gasteiger partial charge in [-0.25, -0.2) is 4.79 Å². The van der Waals surface area contributed by atoms with Gasteiger partial charge in [-0.3, -0.25) is 9.89 Å². The molecule has 3 aromatic rings. The predicted molar refractivity (Wildman–Crippen MR) is 103 cm³/mol. The molecule has 0 fully saturated rings. The molecule has 0 saturated carbocycles. The number of H-pyrrole nitrogens is 1. The van der Waals surface area contributed by atoms with Crippen molar-refractivity contribution in [1.29, 1.82) is 0 Å². The lowest BCUT2D eigenvalue weighted by atomic mass is 9.88. The highest BCUT2D eigenvalue weighted by molar-refractivity contribution is 6.34. The molecule has 2 N–H and O–H groups in total. The maximum atomic E-state index is 13.5. The number of aromatic nitrogens is 2. The molecule has 1 atom stereocenters. The smallest absolute Gasteiger partial charge is 0.417 e. The van der Waals surface area contributed by atoms with E-state index in [1.165, 1.54) is 18.2 Å². The molecule has 9 heteroatoms. The van der Waals surface area contributed by atoms with Gasteiger partial charge in [-0.1, -0.05) is 29.8 Å². The van der Waals surface area contributed by atoms with Crippen molar-refractivity contribution in [1.82, 2.24) is 10.2 Å². The fraction of sp³-hybridized carbons (Fsp3) is 0.190. The lowest BCUT2D eigenvalue weighted by molar-refractivity contribution is -0.137. The van der Waals surface area contributed by atoms with Gasteiger partial charge in [0.05, 0.1) is 27.8 Å². The third kappa shape index (κ3) is 3.37. The van der Waals surface area contributed by atoms with Crippen LogP contribution >= 0.6 is 11.6 Å². The monoisotopic (exact) mass is 434 g/mol. The first-order valence-corrected chi connectivity index (χ1v) is 9.37. The molecule has 30 heavy (non-hydrogen) atoms. The molecular formula is C21H14ClF3N2O3. The molecule has 1 unspecified atom stereocenters. The zero-order chi connectivity index (χ0) is 21.6. The van der Waals surface area contributed by atoms with E-state index in [9.17, 15) is 22.8 Å². The van der Waals surface area contributed by atoms with Crippen molar-refractivity contribution >= 4 is 23.4 Å². The van der Waals surface area contributed by atoms with Gasteiger partial charge in [0.15, 0.2) is 5.78 Å². The van der Waals surface area contributed by atoms with Gasteiger partial charge in [0, 0.05) is 22.4 Å². The van der Waals surface area contributed by atoms with Crippen LogP contribution in [0.15, 0.2) is 42.5 Å². The summed E-state index contributed by atoms with van der Waals surface area (Å²) in [5.41, 5.74) is 0.653. The molecule has 1 heterocycles. The Morgan fingerprint density at radius 3 is 2.47 bits per heavy atom. The molecule has 0 radical (unpaired) electrons. The average Bonchev–Trinajstić information content (AvgIpc) is 3.29. The summed E-state index contributed by atoms with van der Waals surface area (Å²) in [6.45, 7) is 0. The number of halogens is 4. The third-order valence-corrected chi connectivity index (χ3v) is 5.52. The van der Waals surface area contributed by atoms with Gasteiger partial charge in [-0.15, -0.1) is 0 Å². The minimum atomic E-state index is -4.72. The van der Waals surface area contributed by atoms with Gasteiger partial charge >= 0.3 is 12.1 Å². The Bertz CT molecular complexity index is 1150. The number of carboxylic acids is 1. The number of aromatic carboxylic acids is 1. The lowest BCUT2D eigenvalue weighted by Gasteiger charge is -2.17. The number of nitrogens with zero attached hydrogens (tertiary/aromatic N) is 1. The Hall–Kier alpha value is -3.13. The minimum absolute atomic E-state index is 0.0874. The number of Topliss-reactive ketones (excluding diaryl/α,β-unsaturated/α-hetero) is 1. The van der Waals surface area contributed by atoms with Crippen molar-refractivity contribution in [3.8, 4) is 11.3 Å². The van der Waals surface area contributed by atoms with Crippen molar-refractivity contribution in [2.45, 2.75) is 24.9 Å². The molecule has 5 nitrogen and oxygen atoms in total. The van der Waals surface area contributed by atoms with Gasteiger partial charge in [-0.05, 0) is 37.1 Å². The minimum Gasteiger partial charge on any atom is -0.478 e. The summed E-state index contributed by atoms with van der Waals surface area (Å²) in [5.74, 6) is -2.63. The van der Waals surface area contributed by atoms with E-state index in [4.69, 9.17) is 16.7 Å². The van der Waals surface area contributed by atoms with E-state index < -0.39 is 35.0 Å². The fourth-order valence-electron chi connectivity index (χ4n) is 3.82. The number of carbonyl (C=O) groups excluding carboxylic acids is 1. The number of aryl methyl sites for hydroxylation is 1. The lowest BCUT2D eigenvalue weighted by Crippen LogP contribution is -2.18. The largest absolute Gasteiger partial charge is 0.478 e. The Kier molecular flexibility index (Phi) is 4.89. The normalized spacial score (nSPS) is 15.8. The maximum absolute atomic E-state index is 13.5. The Morgan fingerprint density at radius 2 is 1.83 bits per heavy atom. The van der Waals surface area contributed by atoms with Gasteiger partial charge < -0.3 is 5.11 Å². The number of hydrogen-bond acceptors (Lipinski definition) is 3. The van der Waals surface area contributed by atoms with Crippen LogP contribution in [0.25, 0.3) is 11.3 Å². The van der Waals surface area contributed by atoms with E-state index in [0.29, 0.717) is 35.4 Å². The Labute approximate surface area is 173 Å².